The van der Waals surface area contributed by atoms with Crippen molar-refractivity contribution in [2.45, 2.75) is 71.3 Å². The second kappa shape index (κ2) is 8.35. The lowest BCUT2D eigenvalue weighted by molar-refractivity contribution is -0.201. The second-order valence-corrected chi connectivity index (χ2v) is 8.48. The molecule has 0 aromatic rings. The molecule has 0 aromatic carbocycles. The van der Waals surface area contributed by atoms with Gasteiger partial charge < -0.3 is 19.7 Å². The third kappa shape index (κ3) is 4.16. The van der Waals surface area contributed by atoms with Crippen molar-refractivity contribution in [3.8, 4) is 0 Å². The molecule has 7 nitrogen and oxygen atoms in total. The highest BCUT2D eigenvalue weighted by atomic mass is 16.6. The molecule has 1 fully saturated rings. The summed E-state index contributed by atoms with van der Waals surface area (Å²) in [6, 6.07) is -0.129. The van der Waals surface area contributed by atoms with Gasteiger partial charge in [-0.3, -0.25) is 4.90 Å². The van der Waals surface area contributed by atoms with Crippen molar-refractivity contribution < 1.29 is 29.3 Å². The van der Waals surface area contributed by atoms with Crippen LogP contribution in [-0.2, 0) is 19.1 Å². The first-order chi connectivity index (χ1) is 12.9. The van der Waals surface area contributed by atoms with Crippen molar-refractivity contribution in [2.75, 3.05) is 19.7 Å². The maximum absolute atomic E-state index is 12.6. The summed E-state index contributed by atoms with van der Waals surface area (Å²) in [5.74, 6) is -1.72. The van der Waals surface area contributed by atoms with E-state index in [1.165, 1.54) is 13.8 Å². The van der Waals surface area contributed by atoms with Gasteiger partial charge >= 0.3 is 11.9 Å². The Morgan fingerprint density at radius 3 is 2.54 bits per heavy atom. The van der Waals surface area contributed by atoms with Crippen LogP contribution in [-0.4, -0.2) is 70.1 Å². The van der Waals surface area contributed by atoms with Gasteiger partial charge in [-0.2, -0.15) is 0 Å². The van der Waals surface area contributed by atoms with E-state index in [0.717, 1.165) is 18.5 Å². The van der Waals surface area contributed by atoms with Gasteiger partial charge in [-0.05, 0) is 45.6 Å². The molecule has 2 aliphatic heterocycles. The van der Waals surface area contributed by atoms with Crippen molar-refractivity contribution in [3.63, 3.8) is 0 Å². The number of carbonyl (C=O) groups is 2. The summed E-state index contributed by atoms with van der Waals surface area (Å²) in [6.07, 6.45) is 4.11. The standard InChI is InChI=1S/C21H33NO6/c1-7-14(4)18(23)28-16-9-11-22-10-8-15(17(16)22)12-27-19(24)21(26,13(2)3)20(5,6)25/h7-8,13,16-17,25-26H,9-12H2,1-6H3/b14-7-/t16-,17+,21-/m0/s1. The molecule has 0 amide bonds. The molecule has 7 heteroatoms. The van der Waals surface area contributed by atoms with Crippen molar-refractivity contribution in [2.24, 2.45) is 5.92 Å². The molecule has 3 atom stereocenters. The minimum absolute atomic E-state index is 0.0121. The monoisotopic (exact) mass is 395 g/mol. The predicted molar refractivity (Wildman–Crippen MR) is 104 cm³/mol. The summed E-state index contributed by atoms with van der Waals surface area (Å²) >= 11 is 0. The van der Waals surface area contributed by atoms with Gasteiger partial charge in [0.15, 0.2) is 5.60 Å². The van der Waals surface area contributed by atoms with Crippen LogP contribution in [0.1, 0.15) is 48.0 Å². The van der Waals surface area contributed by atoms with Gasteiger partial charge in [-0.25, -0.2) is 9.59 Å². The highest BCUT2D eigenvalue weighted by Gasteiger charge is 2.53. The molecule has 0 saturated carbocycles. The Morgan fingerprint density at radius 1 is 1.36 bits per heavy atom. The molecule has 2 N–H and O–H groups in total. The molecule has 0 spiro atoms. The number of rotatable bonds is 7. The Hall–Kier alpha value is -1.70. The van der Waals surface area contributed by atoms with E-state index < -0.39 is 23.1 Å². The average Bonchev–Trinajstić information content (AvgIpc) is 3.20. The summed E-state index contributed by atoms with van der Waals surface area (Å²) in [5.41, 5.74) is -2.26. The van der Waals surface area contributed by atoms with Crippen LogP contribution in [0, 0.1) is 5.92 Å². The minimum atomic E-state index is -2.02. The van der Waals surface area contributed by atoms with Crippen LogP contribution in [0.2, 0.25) is 0 Å². The Balaban J connectivity index is 2.06. The predicted octanol–water partition coefficient (Wildman–Crippen LogP) is 1.58. The van der Waals surface area contributed by atoms with Crippen LogP contribution in [0.15, 0.2) is 23.3 Å². The lowest BCUT2D eigenvalue weighted by Gasteiger charge is -2.39. The Kier molecular flexibility index (Phi) is 6.74. The highest BCUT2D eigenvalue weighted by molar-refractivity contribution is 5.87. The molecular formula is C21H33NO6. The molecule has 158 valence electrons. The summed E-state index contributed by atoms with van der Waals surface area (Å²) in [6.45, 7) is 11.1. The van der Waals surface area contributed by atoms with E-state index in [-0.39, 0.29) is 24.7 Å². The fourth-order valence-electron chi connectivity index (χ4n) is 3.93. The number of carbonyl (C=O) groups excluding carboxylic acids is 2. The van der Waals surface area contributed by atoms with Gasteiger partial charge in [0.1, 0.15) is 12.7 Å². The summed E-state index contributed by atoms with van der Waals surface area (Å²) in [5, 5.41) is 21.1. The zero-order chi connectivity index (χ0) is 21.3. The number of hydrogen-bond acceptors (Lipinski definition) is 7. The smallest absolute Gasteiger partial charge is 0.341 e. The largest absolute Gasteiger partial charge is 0.459 e. The van der Waals surface area contributed by atoms with Crippen molar-refractivity contribution in [3.05, 3.63) is 23.3 Å². The Bertz CT molecular complexity index is 675. The normalized spacial score (nSPS) is 25.3. The molecule has 0 unspecified atom stereocenters. The van der Waals surface area contributed by atoms with Gasteiger partial charge in [-0.1, -0.05) is 26.0 Å². The molecule has 0 bridgehead atoms. The van der Waals surface area contributed by atoms with Gasteiger partial charge in [0.25, 0.3) is 0 Å². The molecule has 0 aromatic heterocycles. The Morgan fingerprint density at radius 2 is 2.00 bits per heavy atom. The molecule has 2 rings (SSSR count). The molecule has 0 aliphatic carbocycles. The third-order valence-corrected chi connectivity index (χ3v) is 5.88. The Labute approximate surface area is 167 Å². The highest BCUT2D eigenvalue weighted by Crippen LogP contribution is 2.34. The van der Waals surface area contributed by atoms with Crippen molar-refractivity contribution in [1.29, 1.82) is 0 Å². The van der Waals surface area contributed by atoms with Crippen LogP contribution in [0.5, 0.6) is 0 Å². The quantitative estimate of drug-likeness (QED) is 0.384. The summed E-state index contributed by atoms with van der Waals surface area (Å²) < 4.78 is 11.1. The first-order valence-corrected chi connectivity index (χ1v) is 9.82. The summed E-state index contributed by atoms with van der Waals surface area (Å²) in [7, 11) is 0. The first-order valence-electron chi connectivity index (χ1n) is 9.82. The van der Waals surface area contributed by atoms with Crippen LogP contribution < -0.4 is 0 Å². The summed E-state index contributed by atoms with van der Waals surface area (Å²) in [4.78, 5) is 26.9. The van der Waals surface area contributed by atoms with Crippen molar-refractivity contribution in [1.82, 2.24) is 4.90 Å². The number of hydrogen-bond donors (Lipinski definition) is 2. The first kappa shape index (κ1) is 22.6. The van der Waals surface area contributed by atoms with Crippen LogP contribution in [0.3, 0.4) is 0 Å². The van der Waals surface area contributed by atoms with Crippen molar-refractivity contribution >= 4 is 11.9 Å². The number of nitrogens with zero attached hydrogens (tertiary/aromatic N) is 1. The van der Waals surface area contributed by atoms with Gasteiger partial charge in [0.2, 0.25) is 0 Å². The number of esters is 2. The molecule has 0 radical (unpaired) electrons. The third-order valence-electron chi connectivity index (χ3n) is 5.88. The fourth-order valence-corrected chi connectivity index (χ4v) is 3.93. The maximum atomic E-state index is 12.6. The zero-order valence-electron chi connectivity index (χ0n) is 17.7. The fraction of sp³-hybridized carbons (Fsp3) is 0.714. The van der Waals surface area contributed by atoms with E-state index in [0.29, 0.717) is 12.1 Å². The number of ether oxygens (including phenoxy) is 2. The van der Waals surface area contributed by atoms with Gasteiger partial charge in [-0.15, -0.1) is 0 Å². The number of fused-ring (bicyclic) bond motifs is 1. The lowest BCUT2D eigenvalue weighted by Crippen LogP contribution is -2.60. The topological polar surface area (TPSA) is 96.3 Å². The van der Waals surface area contributed by atoms with E-state index in [4.69, 9.17) is 9.47 Å². The van der Waals surface area contributed by atoms with Gasteiger partial charge in [0.05, 0.1) is 11.6 Å². The van der Waals surface area contributed by atoms with E-state index in [9.17, 15) is 19.8 Å². The maximum Gasteiger partial charge on any atom is 0.341 e. The number of aliphatic hydroxyl groups is 2. The molecule has 2 heterocycles. The lowest BCUT2D eigenvalue weighted by atomic mass is 9.77. The molecule has 2 aliphatic rings. The minimum Gasteiger partial charge on any atom is -0.459 e. The average molecular weight is 395 g/mol. The molecule has 28 heavy (non-hydrogen) atoms. The van der Waals surface area contributed by atoms with Crippen LogP contribution in [0.4, 0.5) is 0 Å². The van der Waals surface area contributed by atoms with Gasteiger partial charge in [0, 0.05) is 18.7 Å². The SMILES string of the molecule is C/C=C(/C)C(=O)O[C@H]1CCN2CC=C(COC(=O)[C@@](O)(C(C)C)C(C)(C)O)[C@H]12. The molecule has 1 saturated heterocycles. The zero-order valence-corrected chi connectivity index (χ0v) is 17.7. The molecular weight excluding hydrogens is 362 g/mol. The van der Waals surface area contributed by atoms with E-state index >= 15 is 0 Å². The van der Waals surface area contributed by atoms with E-state index in [1.54, 1.807) is 33.8 Å². The van der Waals surface area contributed by atoms with Crippen LogP contribution in [0.25, 0.3) is 0 Å². The van der Waals surface area contributed by atoms with Crippen LogP contribution >= 0.6 is 0 Å². The second-order valence-electron chi connectivity index (χ2n) is 8.48. The van der Waals surface area contributed by atoms with E-state index in [1.807, 2.05) is 6.08 Å². The number of allylic oxidation sites excluding steroid dienone is 1. The van der Waals surface area contributed by atoms with E-state index in [2.05, 4.69) is 4.90 Å².